The van der Waals surface area contributed by atoms with Crippen molar-refractivity contribution in [1.82, 2.24) is 0 Å². The molecule has 0 unspecified atom stereocenters. The van der Waals surface area contributed by atoms with E-state index < -0.39 is 0 Å². The summed E-state index contributed by atoms with van der Waals surface area (Å²) in [5.41, 5.74) is 3.10. The van der Waals surface area contributed by atoms with Crippen LogP contribution in [0.4, 0.5) is 0 Å². The molecule has 18 heavy (non-hydrogen) atoms. The minimum atomic E-state index is 0.804. The van der Waals surface area contributed by atoms with E-state index in [-0.39, 0.29) is 0 Å². The second-order valence-corrected chi connectivity index (χ2v) is 3.98. The molecule has 0 aromatic heterocycles. The van der Waals surface area contributed by atoms with Crippen molar-refractivity contribution in [3.63, 3.8) is 0 Å². The van der Waals surface area contributed by atoms with Crippen LogP contribution in [0, 0.1) is 0 Å². The average Bonchev–Trinajstić information content (AvgIpc) is 2.37. The van der Waals surface area contributed by atoms with Crippen LogP contribution in [-0.4, -0.2) is 0 Å². The molecule has 0 spiro atoms. The lowest BCUT2D eigenvalue weighted by atomic mass is 9.97. The highest BCUT2D eigenvalue weighted by atomic mass is 32.1. The van der Waals surface area contributed by atoms with Crippen LogP contribution in [0.2, 0.25) is 0 Å². The molecule has 94 valence electrons. The first-order chi connectivity index (χ1) is 8.62. The van der Waals surface area contributed by atoms with Crippen LogP contribution in [0.3, 0.4) is 0 Å². The van der Waals surface area contributed by atoms with E-state index in [0.717, 1.165) is 21.6 Å². The Morgan fingerprint density at radius 3 is 2.00 bits per heavy atom. The number of hydrogen-bond acceptors (Lipinski definition) is 1. The van der Waals surface area contributed by atoms with Crippen LogP contribution in [0.15, 0.2) is 96.5 Å². The largest absolute Gasteiger partial charge is 0.143 e. The third-order valence-corrected chi connectivity index (χ3v) is 2.66. The smallest absolute Gasteiger partial charge is 0.0113 e. The molecular formula is C17H20S. The van der Waals surface area contributed by atoms with Gasteiger partial charge in [0.05, 0.1) is 0 Å². The molecule has 1 heteroatoms. The van der Waals surface area contributed by atoms with Crippen molar-refractivity contribution in [1.29, 1.82) is 0 Å². The van der Waals surface area contributed by atoms with Crippen LogP contribution >= 0.6 is 12.6 Å². The van der Waals surface area contributed by atoms with Gasteiger partial charge in [0, 0.05) is 4.91 Å². The van der Waals surface area contributed by atoms with Crippen LogP contribution in [0.5, 0.6) is 0 Å². The predicted octanol–water partition coefficient (Wildman–Crippen LogP) is 5.34. The van der Waals surface area contributed by atoms with Crippen molar-refractivity contribution in [3.05, 3.63) is 96.5 Å². The Kier molecular flexibility index (Phi) is 8.42. The lowest BCUT2D eigenvalue weighted by molar-refractivity contribution is 1.37. The third kappa shape index (κ3) is 5.07. The molecule has 0 saturated heterocycles. The third-order valence-electron chi connectivity index (χ3n) is 2.24. The zero-order valence-corrected chi connectivity index (χ0v) is 11.8. The van der Waals surface area contributed by atoms with Gasteiger partial charge < -0.3 is 0 Å². The molecule has 0 atom stereocenters. The fourth-order valence-corrected chi connectivity index (χ4v) is 1.60. The van der Waals surface area contributed by atoms with Crippen molar-refractivity contribution >= 4 is 12.6 Å². The van der Waals surface area contributed by atoms with E-state index in [1.165, 1.54) is 0 Å². The highest BCUT2D eigenvalue weighted by molar-refractivity contribution is 7.84. The molecule has 0 nitrogen and oxygen atoms in total. The Hall–Kier alpha value is -1.73. The van der Waals surface area contributed by atoms with E-state index in [9.17, 15) is 0 Å². The van der Waals surface area contributed by atoms with Gasteiger partial charge in [-0.2, -0.15) is 0 Å². The molecule has 0 aromatic rings. The lowest BCUT2D eigenvalue weighted by Gasteiger charge is -2.11. The first kappa shape index (κ1) is 16.3. The van der Waals surface area contributed by atoms with Crippen molar-refractivity contribution in [3.8, 4) is 0 Å². The summed E-state index contributed by atoms with van der Waals surface area (Å²) in [6.07, 6.45) is 14.7. The zero-order valence-electron chi connectivity index (χ0n) is 10.9. The second kappa shape index (κ2) is 9.32. The molecule has 0 aliphatic rings. The topological polar surface area (TPSA) is 0 Å². The summed E-state index contributed by atoms with van der Waals surface area (Å²) < 4.78 is 0. The predicted molar refractivity (Wildman–Crippen MR) is 87.8 cm³/mol. The van der Waals surface area contributed by atoms with Gasteiger partial charge in [-0.15, -0.1) is 12.6 Å². The van der Waals surface area contributed by atoms with Crippen molar-refractivity contribution in [2.45, 2.75) is 6.92 Å². The van der Waals surface area contributed by atoms with E-state index in [0.29, 0.717) is 0 Å². The van der Waals surface area contributed by atoms with Crippen LogP contribution in [-0.2, 0) is 0 Å². The molecular weight excluding hydrogens is 236 g/mol. The van der Waals surface area contributed by atoms with Gasteiger partial charge in [-0.05, 0) is 23.6 Å². The molecule has 0 fully saturated rings. The molecule has 0 rings (SSSR count). The number of hydrogen-bond donors (Lipinski definition) is 1. The van der Waals surface area contributed by atoms with Crippen LogP contribution in [0.25, 0.3) is 0 Å². The molecule has 0 amide bonds. The maximum Gasteiger partial charge on any atom is 0.0113 e. The average molecular weight is 256 g/mol. The minimum absolute atomic E-state index is 0.804. The fourth-order valence-electron chi connectivity index (χ4n) is 1.41. The molecule has 0 saturated carbocycles. The Bertz CT molecular complexity index is 454. The van der Waals surface area contributed by atoms with E-state index in [2.05, 4.69) is 38.9 Å². The zero-order chi connectivity index (χ0) is 14.0. The summed E-state index contributed by atoms with van der Waals surface area (Å²) in [7, 11) is 0. The van der Waals surface area contributed by atoms with Gasteiger partial charge in [-0.25, -0.2) is 0 Å². The Labute approximate surface area is 116 Å². The summed E-state index contributed by atoms with van der Waals surface area (Å²) in [4.78, 5) is 0.804. The van der Waals surface area contributed by atoms with Gasteiger partial charge >= 0.3 is 0 Å². The summed E-state index contributed by atoms with van der Waals surface area (Å²) in [5, 5.41) is 0. The monoisotopic (exact) mass is 256 g/mol. The number of rotatable bonds is 7. The Balaban J connectivity index is 5.89. The SMILES string of the molecule is C=C\C=C/C(=C(/S)C=C)C(=C/C=C)/C(C)=C\C=C. The Morgan fingerprint density at radius 1 is 0.944 bits per heavy atom. The number of thiol groups is 1. The maximum atomic E-state index is 4.44. The van der Waals surface area contributed by atoms with Gasteiger partial charge in [0.15, 0.2) is 0 Å². The summed E-state index contributed by atoms with van der Waals surface area (Å²) in [6.45, 7) is 16.9. The van der Waals surface area contributed by atoms with Gasteiger partial charge in [0.2, 0.25) is 0 Å². The van der Waals surface area contributed by atoms with Gasteiger partial charge in [0.1, 0.15) is 0 Å². The molecule has 0 aliphatic heterocycles. The van der Waals surface area contributed by atoms with Crippen molar-refractivity contribution in [2.75, 3.05) is 0 Å². The minimum Gasteiger partial charge on any atom is -0.143 e. The summed E-state index contributed by atoms with van der Waals surface area (Å²) >= 11 is 4.44. The number of allylic oxidation sites excluding steroid dienone is 11. The normalized spacial score (nSPS) is 14.1. The molecule has 0 N–H and O–H groups in total. The molecule has 0 radical (unpaired) electrons. The van der Waals surface area contributed by atoms with E-state index in [1.807, 2.05) is 31.2 Å². The van der Waals surface area contributed by atoms with Crippen molar-refractivity contribution in [2.24, 2.45) is 0 Å². The fraction of sp³-hybridized carbons (Fsp3) is 0.0588. The highest BCUT2D eigenvalue weighted by Crippen LogP contribution is 2.26. The molecule has 0 aromatic carbocycles. The quantitative estimate of drug-likeness (QED) is 0.461. The van der Waals surface area contributed by atoms with E-state index in [4.69, 9.17) is 0 Å². The first-order valence-corrected chi connectivity index (χ1v) is 6.04. The van der Waals surface area contributed by atoms with Crippen LogP contribution in [0.1, 0.15) is 6.92 Å². The second-order valence-electron chi connectivity index (χ2n) is 3.50. The summed E-state index contributed by atoms with van der Waals surface area (Å²) in [5.74, 6) is 0. The Morgan fingerprint density at radius 2 is 1.56 bits per heavy atom. The summed E-state index contributed by atoms with van der Waals surface area (Å²) in [6, 6.07) is 0. The van der Waals surface area contributed by atoms with Gasteiger partial charge in [-0.3, -0.25) is 0 Å². The maximum absolute atomic E-state index is 4.44. The van der Waals surface area contributed by atoms with Crippen LogP contribution < -0.4 is 0 Å². The van der Waals surface area contributed by atoms with Crippen molar-refractivity contribution < 1.29 is 0 Å². The molecule has 0 bridgehead atoms. The lowest BCUT2D eigenvalue weighted by Crippen LogP contribution is -1.91. The van der Waals surface area contributed by atoms with Gasteiger partial charge in [0.25, 0.3) is 0 Å². The van der Waals surface area contributed by atoms with E-state index >= 15 is 0 Å². The standard InChI is InChI=1S/C17H20S/c1-6-10-13-16(17(18)9-4)15(12-8-3)14(5)11-7-2/h6-13,18H,1-4H2,5H3/b13-10-,14-11-,15-12+,17-16-. The molecule has 0 aliphatic carbocycles. The highest BCUT2D eigenvalue weighted by Gasteiger charge is 2.06. The van der Waals surface area contributed by atoms with Gasteiger partial charge in [-0.1, -0.05) is 74.9 Å². The van der Waals surface area contributed by atoms with E-state index in [1.54, 1.807) is 24.3 Å². The first-order valence-electron chi connectivity index (χ1n) is 5.59. The molecule has 0 heterocycles.